The standard InChI is InChI=1S/C29H48O4/c1-5-7-19-25(6-2)23-33-29(31)27-21-16-15-20-26(27)28(30)32-22-17-13-11-9-8-10-12-14-18-24(3)4/h15-16,20-21,24-25H,5-14,17-19,22-23H2,1-4H3. The molecule has 0 spiro atoms. The van der Waals surface area contributed by atoms with Gasteiger partial charge >= 0.3 is 11.9 Å². The normalized spacial score (nSPS) is 12.0. The molecule has 0 aliphatic heterocycles. The van der Waals surface area contributed by atoms with Crippen LogP contribution in [0.2, 0.25) is 0 Å². The summed E-state index contributed by atoms with van der Waals surface area (Å²) in [6.07, 6.45) is 15.3. The van der Waals surface area contributed by atoms with Crippen molar-refractivity contribution in [2.24, 2.45) is 11.8 Å². The van der Waals surface area contributed by atoms with Crippen molar-refractivity contribution in [2.45, 2.75) is 111 Å². The average Bonchev–Trinajstić information content (AvgIpc) is 2.82. The summed E-state index contributed by atoms with van der Waals surface area (Å²) in [6, 6.07) is 6.80. The first kappa shape index (κ1) is 29.2. The molecule has 1 atom stereocenters. The maximum absolute atomic E-state index is 12.6. The van der Waals surface area contributed by atoms with Gasteiger partial charge in [0.05, 0.1) is 24.3 Å². The fraction of sp³-hybridized carbons (Fsp3) is 0.724. The van der Waals surface area contributed by atoms with Crippen molar-refractivity contribution in [1.29, 1.82) is 0 Å². The molecular weight excluding hydrogens is 412 g/mol. The lowest BCUT2D eigenvalue weighted by Crippen LogP contribution is -2.17. The fourth-order valence-corrected chi connectivity index (χ4v) is 3.97. The van der Waals surface area contributed by atoms with Gasteiger partial charge in [0.2, 0.25) is 0 Å². The summed E-state index contributed by atoms with van der Waals surface area (Å²) < 4.78 is 11.0. The van der Waals surface area contributed by atoms with Crippen molar-refractivity contribution in [3.63, 3.8) is 0 Å². The zero-order chi connectivity index (χ0) is 24.3. The second kappa shape index (κ2) is 18.6. The summed E-state index contributed by atoms with van der Waals surface area (Å²) in [7, 11) is 0. The Morgan fingerprint density at radius 2 is 1.27 bits per heavy atom. The second-order valence-corrected chi connectivity index (χ2v) is 9.71. The predicted octanol–water partition coefficient (Wildman–Crippen LogP) is 8.38. The molecular formula is C29H48O4. The zero-order valence-electron chi connectivity index (χ0n) is 21.7. The van der Waals surface area contributed by atoms with Gasteiger partial charge in [0.25, 0.3) is 0 Å². The lowest BCUT2D eigenvalue weighted by Gasteiger charge is -2.15. The van der Waals surface area contributed by atoms with Crippen molar-refractivity contribution in [2.75, 3.05) is 13.2 Å². The number of carbonyl (C=O) groups excluding carboxylic acids is 2. The largest absolute Gasteiger partial charge is 0.462 e. The van der Waals surface area contributed by atoms with E-state index in [-0.39, 0.29) is 0 Å². The van der Waals surface area contributed by atoms with E-state index < -0.39 is 11.9 Å². The van der Waals surface area contributed by atoms with Crippen LogP contribution in [-0.4, -0.2) is 25.2 Å². The van der Waals surface area contributed by atoms with Crippen LogP contribution < -0.4 is 0 Å². The molecule has 0 amide bonds. The van der Waals surface area contributed by atoms with Crippen LogP contribution in [0.15, 0.2) is 24.3 Å². The molecule has 4 nitrogen and oxygen atoms in total. The predicted molar refractivity (Wildman–Crippen MR) is 137 cm³/mol. The summed E-state index contributed by atoms with van der Waals surface area (Å²) in [5.41, 5.74) is 0.593. The number of hydrogen-bond donors (Lipinski definition) is 0. The summed E-state index contributed by atoms with van der Waals surface area (Å²) >= 11 is 0. The van der Waals surface area contributed by atoms with Gasteiger partial charge < -0.3 is 9.47 Å². The SMILES string of the molecule is CCCCC(CC)COC(=O)c1ccccc1C(=O)OCCCCCCCCCCC(C)C. The Labute approximate surface area is 202 Å². The van der Waals surface area contributed by atoms with Crippen molar-refractivity contribution in [3.8, 4) is 0 Å². The van der Waals surface area contributed by atoms with E-state index in [2.05, 4.69) is 27.7 Å². The van der Waals surface area contributed by atoms with Gasteiger partial charge in [0.1, 0.15) is 0 Å². The van der Waals surface area contributed by atoms with Gasteiger partial charge in [-0.05, 0) is 36.8 Å². The van der Waals surface area contributed by atoms with E-state index in [1.165, 1.54) is 44.9 Å². The summed E-state index contributed by atoms with van der Waals surface area (Å²) in [6.45, 7) is 9.65. The minimum absolute atomic E-state index is 0.297. The maximum Gasteiger partial charge on any atom is 0.339 e. The van der Waals surface area contributed by atoms with Crippen LogP contribution in [0.25, 0.3) is 0 Å². The third kappa shape index (κ3) is 13.5. The lowest BCUT2D eigenvalue weighted by molar-refractivity contribution is 0.0404. The first-order valence-electron chi connectivity index (χ1n) is 13.4. The molecule has 1 rings (SSSR count). The van der Waals surface area contributed by atoms with Crippen molar-refractivity contribution >= 4 is 11.9 Å². The number of esters is 2. The smallest absolute Gasteiger partial charge is 0.339 e. The van der Waals surface area contributed by atoms with Crippen LogP contribution in [0, 0.1) is 11.8 Å². The Morgan fingerprint density at radius 3 is 1.82 bits per heavy atom. The molecule has 1 unspecified atom stereocenters. The van der Waals surface area contributed by atoms with E-state index in [9.17, 15) is 9.59 Å². The van der Waals surface area contributed by atoms with Crippen molar-refractivity contribution in [1.82, 2.24) is 0 Å². The van der Waals surface area contributed by atoms with E-state index in [1.807, 2.05) is 0 Å². The molecule has 0 saturated carbocycles. The highest BCUT2D eigenvalue weighted by Gasteiger charge is 2.20. The van der Waals surface area contributed by atoms with Gasteiger partial charge in [0, 0.05) is 0 Å². The number of benzene rings is 1. The van der Waals surface area contributed by atoms with Gasteiger partial charge in [-0.2, -0.15) is 0 Å². The molecule has 0 heterocycles. The Kier molecular flexibility index (Phi) is 16.4. The highest BCUT2D eigenvalue weighted by Crippen LogP contribution is 2.17. The van der Waals surface area contributed by atoms with Gasteiger partial charge in [-0.3, -0.25) is 0 Å². The minimum Gasteiger partial charge on any atom is -0.462 e. The lowest BCUT2D eigenvalue weighted by atomic mass is 10.0. The third-order valence-corrected chi connectivity index (χ3v) is 6.27. The van der Waals surface area contributed by atoms with E-state index in [0.29, 0.717) is 30.3 Å². The Balaban J connectivity index is 2.30. The van der Waals surface area contributed by atoms with E-state index in [4.69, 9.17) is 9.47 Å². The first-order valence-corrected chi connectivity index (χ1v) is 13.4. The molecule has 0 saturated heterocycles. The molecule has 1 aromatic rings. The highest BCUT2D eigenvalue weighted by molar-refractivity contribution is 6.03. The highest BCUT2D eigenvalue weighted by atomic mass is 16.5. The molecule has 0 aliphatic carbocycles. The molecule has 4 heteroatoms. The van der Waals surface area contributed by atoms with Crippen molar-refractivity contribution in [3.05, 3.63) is 35.4 Å². The minimum atomic E-state index is -0.439. The Bertz CT molecular complexity index is 653. The van der Waals surface area contributed by atoms with Gasteiger partial charge in [0.15, 0.2) is 0 Å². The van der Waals surface area contributed by atoms with Crippen LogP contribution in [-0.2, 0) is 9.47 Å². The number of ether oxygens (including phenoxy) is 2. The molecule has 0 N–H and O–H groups in total. The molecule has 0 aromatic heterocycles. The third-order valence-electron chi connectivity index (χ3n) is 6.27. The van der Waals surface area contributed by atoms with Crippen molar-refractivity contribution < 1.29 is 19.1 Å². The summed E-state index contributed by atoms with van der Waals surface area (Å²) in [5.74, 6) is 0.305. The zero-order valence-corrected chi connectivity index (χ0v) is 21.7. The number of hydrogen-bond acceptors (Lipinski definition) is 4. The Morgan fingerprint density at radius 1 is 0.727 bits per heavy atom. The summed E-state index contributed by atoms with van der Waals surface area (Å²) in [4.78, 5) is 25.2. The van der Waals surface area contributed by atoms with E-state index >= 15 is 0 Å². The number of carbonyl (C=O) groups is 2. The molecule has 0 radical (unpaired) electrons. The molecule has 33 heavy (non-hydrogen) atoms. The monoisotopic (exact) mass is 460 g/mol. The summed E-state index contributed by atoms with van der Waals surface area (Å²) in [5, 5.41) is 0. The quantitative estimate of drug-likeness (QED) is 0.154. The van der Waals surface area contributed by atoms with Crippen LogP contribution in [0.4, 0.5) is 0 Å². The maximum atomic E-state index is 12.6. The number of unbranched alkanes of at least 4 members (excludes halogenated alkanes) is 8. The molecule has 1 aromatic carbocycles. The molecule has 0 bridgehead atoms. The first-order chi connectivity index (χ1) is 16.0. The molecule has 188 valence electrons. The molecule has 0 aliphatic rings. The number of rotatable bonds is 19. The fourth-order valence-electron chi connectivity index (χ4n) is 3.97. The average molecular weight is 461 g/mol. The van der Waals surface area contributed by atoms with Crippen LogP contribution in [0.1, 0.15) is 132 Å². The molecule has 0 fully saturated rings. The van der Waals surface area contributed by atoms with Crippen LogP contribution >= 0.6 is 0 Å². The van der Waals surface area contributed by atoms with Gasteiger partial charge in [-0.15, -0.1) is 0 Å². The van der Waals surface area contributed by atoms with Crippen LogP contribution in [0.3, 0.4) is 0 Å². The van der Waals surface area contributed by atoms with Crippen LogP contribution in [0.5, 0.6) is 0 Å². The van der Waals surface area contributed by atoms with E-state index in [1.54, 1.807) is 24.3 Å². The Hall–Kier alpha value is -1.84. The van der Waals surface area contributed by atoms with E-state index in [0.717, 1.165) is 44.4 Å². The van der Waals surface area contributed by atoms with Gasteiger partial charge in [-0.25, -0.2) is 9.59 Å². The topological polar surface area (TPSA) is 52.6 Å². The van der Waals surface area contributed by atoms with Gasteiger partial charge in [-0.1, -0.05) is 110 Å². The second-order valence-electron chi connectivity index (χ2n) is 9.71.